The molecule has 5 aromatic carbocycles. The number of carboxylic acids is 1. The number of hydrogen-bond donors (Lipinski definition) is 2. The highest BCUT2D eigenvalue weighted by molar-refractivity contribution is 6.38. The molecule has 0 fully saturated rings. The predicted molar refractivity (Wildman–Crippen MR) is 147 cm³/mol. The van der Waals surface area contributed by atoms with Crippen molar-refractivity contribution in [2.45, 2.75) is 13.1 Å². The fraction of sp³-hybridized carbons (Fsp3) is 0.0625. The number of anilines is 1. The Balaban J connectivity index is 1.58. The molecular formula is C32H25NO4. The first kappa shape index (κ1) is 23.8. The van der Waals surface area contributed by atoms with Crippen LogP contribution in [0.5, 0.6) is 0 Å². The molecular weight excluding hydrogens is 462 g/mol. The number of carbonyl (C=O) groups is 2. The fourth-order valence-corrected chi connectivity index (χ4v) is 4.64. The molecule has 0 heterocycles. The maximum Gasteiger partial charge on any atom is 0.376 e. The Morgan fingerprint density at radius 2 is 1.16 bits per heavy atom. The largest absolute Gasteiger partial charge is 0.507 e. The number of aliphatic carboxylic acids is 1. The van der Waals surface area contributed by atoms with Crippen LogP contribution in [0.1, 0.15) is 16.7 Å². The smallest absolute Gasteiger partial charge is 0.376 e. The first-order chi connectivity index (χ1) is 18.0. The minimum absolute atomic E-state index is 0.368. The lowest BCUT2D eigenvalue weighted by atomic mass is 10.0. The Labute approximate surface area is 214 Å². The summed E-state index contributed by atoms with van der Waals surface area (Å²) in [5, 5.41) is 24.0. The van der Waals surface area contributed by atoms with Gasteiger partial charge >= 0.3 is 5.97 Å². The van der Waals surface area contributed by atoms with E-state index in [-0.39, 0.29) is 5.76 Å². The Morgan fingerprint density at radius 3 is 1.73 bits per heavy atom. The molecule has 0 aromatic heterocycles. The summed E-state index contributed by atoms with van der Waals surface area (Å²) in [5.74, 6) is -3.17. The number of carbonyl (C=O) groups excluding carboxylic acids is 1. The molecule has 2 N–H and O–H groups in total. The second kappa shape index (κ2) is 10.4. The number of fused-ring (bicyclic) bond motifs is 2. The highest BCUT2D eigenvalue weighted by Crippen LogP contribution is 2.29. The maximum atomic E-state index is 11.6. The van der Waals surface area contributed by atoms with Crippen LogP contribution in [0, 0.1) is 0 Å². The van der Waals surface area contributed by atoms with E-state index in [1.54, 1.807) is 18.2 Å². The summed E-state index contributed by atoms with van der Waals surface area (Å²) in [5.41, 5.74) is 3.52. The Kier molecular flexibility index (Phi) is 6.68. The minimum Gasteiger partial charge on any atom is -0.507 e. The van der Waals surface area contributed by atoms with Crippen molar-refractivity contribution >= 4 is 44.7 Å². The number of rotatable bonds is 8. The molecule has 5 rings (SSSR count). The molecule has 0 aliphatic heterocycles. The SMILES string of the molecule is O=C(O)C(=O)/C=C(\O)c1cccc(N(Cc2cccc3ccccc23)Cc2cccc3ccccc23)c1. The molecule has 0 unspecified atom stereocenters. The number of carboxylic acid groups (broad SMARTS) is 1. The number of aliphatic hydroxyl groups excluding tert-OH is 1. The lowest BCUT2D eigenvalue weighted by molar-refractivity contribution is -0.146. The maximum absolute atomic E-state index is 11.6. The number of nitrogens with zero attached hydrogens (tertiary/aromatic N) is 1. The number of hydrogen-bond acceptors (Lipinski definition) is 4. The molecule has 0 saturated carbocycles. The van der Waals surface area contributed by atoms with Crippen LogP contribution in [-0.2, 0) is 22.7 Å². The quantitative estimate of drug-likeness (QED) is 0.144. The molecule has 5 heteroatoms. The molecule has 5 nitrogen and oxygen atoms in total. The van der Waals surface area contributed by atoms with Crippen LogP contribution in [-0.4, -0.2) is 22.0 Å². The van der Waals surface area contributed by atoms with E-state index in [2.05, 4.69) is 65.6 Å². The molecule has 0 saturated heterocycles. The average molecular weight is 488 g/mol. The average Bonchev–Trinajstić information content (AvgIpc) is 2.93. The number of ketones is 1. The zero-order valence-electron chi connectivity index (χ0n) is 20.0. The zero-order chi connectivity index (χ0) is 25.8. The van der Waals surface area contributed by atoms with E-state index < -0.39 is 11.8 Å². The van der Waals surface area contributed by atoms with Gasteiger partial charge in [-0.1, -0.05) is 97.1 Å². The van der Waals surface area contributed by atoms with Gasteiger partial charge in [-0.15, -0.1) is 0 Å². The van der Waals surface area contributed by atoms with Crippen molar-refractivity contribution in [3.8, 4) is 0 Å². The number of benzene rings is 5. The normalized spacial score (nSPS) is 11.5. The van der Waals surface area contributed by atoms with E-state index in [9.17, 15) is 14.7 Å². The standard InChI is InChI=1S/C32H25NO4/c34-30(19-31(35)32(36)37)24-12-7-15-27(18-24)33(20-25-13-5-10-22-8-1-3-16-28(22)25)21-26-14-6-11-23-9-2-4-17-29(23)26/h1-19,34H,20-21H2,(H,36,37)/b30-19-. The summed E-state index contributed by atoms with van der Waals surface area (Å²) in [7, 11) is 0. The van der Waals surface area contributed by atoms with Gasteiger partial charge in [-0.2, -0.15) is 0 Å². The van der Waals surface area contributed by atoms with E-state index in [0.717, 1.165) is 33.7 Å². The van der Waals surface area contributed by atoms with Gasteiger partial charge in [0.25, 0.3) is 5.78 Å². The number of aliphatic hydroxyl groups is 1. The van der Waals surface area contributed by atoms with Crippen LogP contribution in [0.2, 0.25) is 0 Å². The van der Waals surface area contributed by atoms with Gasteiger partial charge in [0, 0.05) is 30.4 Å². The highest BCUT2D eigenvalue weighted by atomic mass is 16.4. The molecule has 182 valence electrons. The van der Waals surface area contributed by atoms with Crippen molar-refractivity contribution < 1.29 is 19.8 Å². The van der Waals surface area contributed by atoms with Crippen LogP contribution in [0.4, 0.5) is 5.69 Å². The van der Waals surface area contributed by atoms with Crippen molar-refractivity contribution in [2.24, 2.45) is 0 Å². The molecule has 0 aliphatic carbocycles. The first-order valence-electron chi connectivity index (χ1n) is 12.0. The Hall–Kier alpha value is -4.90. The summed E-state index contributed by atoms with van der Waals surface area (Å²) in [6, 6.07) is 36.2. The van der Waals surface area contributed by atoms with Crippen LogP contribution in [0.3, 0.4) is 0 Å². The summed E-state index contributed by atoms with van der Waals surface area (Å²) in [4.78, 5) is 24.8. The highest BCUT2D eigenvalue weighted by Gasteiger charge is 2.15. The van der Waals surface area contributed by atoms with Gasteiger partial charge in [0.2, 0.25) is 0 Å². The molecule has 0 spiro atoms. The second-order valence-electron chi connectivity index (χ2n) is 8.88. The van der Waals surface area contributed by atoms with Crippen molar-refractivity contribution in [2.75, 3.05) is 4.90 Å². The Bertz CT molecular complexity index is 1560. The van der Waals surface area contributed by atoms with Gasteiger partial charge in [-0.3, -0.25) is 4.79 Å². The molecule has 0 radical (unpaired) electrons. The van der Waals surface area contributed by atoms with Crippen molar-refractivity contribution in [1.29, 1.82) is 0 Å². The van der Waals surface area contributed by atoms with Crippen LogP contribution in [0.15, 0.2) is 115 Å². The molecule has 5 aromatic rings. The van der Waals surface area contributed by atoms with Gasteiger partial charge in [0.1, 0.15) is 5.76 Å². The van der Waals surface area contributed by atoms with Crippen molar-refractivity contribution in [3.63, 3.8) is 0 Å². The molecule has 0 bridgehead atoms. The van der Waals surface area contributed by atoms with E-state index in [4.69, 9.17) is 5.11 Å². The predicted octanol–water partition coefficient (Wildman–Crippen LogP) is 6.75. The van der Waals surface area contributed by atoms with Gasteiger partial charge in [-0.05, 0) is 44.8 Å². The lowest BCUT2D eigenvalue weighted by Gasteiger charge is -2.27. The van der Waals surface area contributed by atoms with E-state index >= 15 is 0 Å². The van der Waals surface area contributed by atoms with Crippen molar-refractivity contribution in [3.05, 3.63) is 132 Å². The first-order valence-corrected chi connectivity index (χ1v) is 12.0. The van der Waals surface area contributed by atoms with E-state index in [1.165, 1.54) is 10.8 Å². The molecule has 0 atom stereocenters. The third kappa shape index (κ3) is 5.21. The minimum atomic E-state index is -1.61. The summed E-state index contributed by atoms with van der Waals surface area (Å²) >= 11 is 0. The third-order valence-electron chi connectivity index (χ3n) is 6.47. The van der Waals surface area contributed by atoms with Crippen molar-refractivity contribution in [1.82, 2.24) is 0 Å². The zero-order valence-corrected chi connectivity index (χ0v) is 20.0. The summed E-state index contributed by atoms with van der Waals surface area (Å²) < 4.78 is 0. The topological polar surface area (TPSA) is 77.8 Å². The lowest BCUT2D eigenvalue weighted by Crippen LogP contribution is -2.22. The summed E-state index contributed by atoms with van der Waals surface area (Å²) in [6.45, 7) is 1.21. The van der Waals surface area contributed by atoms with E-state index in [0.29, 0.717) is 18.7 Å². The van der Waals surface area contributed by atoms with Gasteiger partial charge in [-0.25, -0.2) is 4.79 Å². The molecule has 0 amide bonds. The fourth-order valence-electron chi connectivity index (χ4n) is 4.64. The third-order valence-corrected chi connectivity index (χ3v) is 6.47. The van der Waals surface area contributed by atoms with Gasteiger partial charge < -0.3 is 15.1 Å². The monoisotopic (exact) mass is 487 g/mol. The van der Waals surface area contributed by atoms with Crippen LogP contribution in [0.25, 0.3) is 27.3 Å². The van der Waals surface area contributed by atoms with Crippen LogP contribution >= 0.6 is 0 Å². The second-order valence-corrected chi connectivity index (χ2v) is 8.88. The van der Waals surface area contributed by atoms with E-state index in [1.807, 2.05) is 30.3 Å². The van der Waals surface area contributed by atoms with Gasteiger partial charge in [0.15, 0.2) is 0 Å². The van der Waals surface area contributed by atoms with Crippen LogP contribution < -0.4 is 4.90 Å². The molecule has 0 aliphatic rings. The van der Waals surface area contributed by atoms with Gasteiger partial charge in [0.05, 0.1) is 0 Å². The molecule has 37 heavy (non-hydrogen) atoms. The Morgan fingerprint density at radius 1 is 0.649 bits per heavy atom. The summed E-state index contributed by atoms with van der Waals surface area (Å²) in [6.07, 6.45) is 0.737.